The third kappa shape index (κ3) is 5.58. The molecule has 0 aromatic heterocycles. The highest BCUT2D eigenvalue weighted by Crippen LogP contribution is 2.11. The van der Waals surface area contributed by atoms with Gasteiger partial charge >= 0.3 is 0 Å². The molecule has 2 aromatic rings. The van der Waals surface area contributed by atoms with Crippen molar-refractivity contribution in [3.05, 3.63) is 65.7 Å². The van der Waals surface area contributed by atoms with Crippen LogP contribution in [-0.4, -0.2) is 37.3 Å². The van der Waals surface area contributed by atoms with Gasteiger partial charge in [-0.05, 0) is 36.2 Å². The van der Waals surface area contributed by atoms with E-state index >= 15 is 0 Å². The lowest BCUT2D eigenvalue weighted by Crippen LogP contribution is -2.31. The molecule has 0 unspecified atom stereocenters. The number of nitrogens with zero attached hydrogens (tertiary/aromatic N) is 1. The van der Waals surface area contributed by atoms with Gasteiger partial charge in [0, 0.05) is 19.0 Å². The van der Waals surface area contributed by atoms with E-state index in [0.717, 1.165) is 12.7 Å². The maximum absolute atomic E-state index is 12.1. The van der Waals surface area contributed by atoms with Gasteiger partial charge in [0.25, 0.3) is 0 Å². The van der Waals surface area contributed by atoms with E-state index in [9.17, 15) is 9.59 Å². The number of rotatable bonds is 8. The lowest BCUT2D eigenvalue weighted by Gasteiger charge is -2.17. The van der Waals surface area contributed by atoms with Crippen LogP contribution in [0.2, 0.25) is 0 Å². The lowest BCUT2D eigenvalue weighted by molar-refractivity contribution is -0.130. The van der Waals surface area contributed by atoms with E-state index < -0.39 is 0 Å². The molecule has 120 valence electrons. The van der Waals surface area contributed by atoms with Crippen molar-refractivity contribution in [1.29, 1.82) is 0 Å². The number of carbonyl (C=O) groups excluding carboxylic acids is 2. The molecule has 0 heterocycles. The number of benzene rings is 2. The van der Waals surface area contributed by atoms with Gasteiger partial charge in [0.15, 0.2) is 0 Å². The minimum absolute atomic E-state index is 0.105. The number of ether oxygens (including phenoxy) is 1. The summed E-state index contributed by atoms with van der Waals surface area (Å²) in [6.07, 6.45) is 2.04. The van der Waals surface area contributed by atoms with Crippen molar-refractivity contribution in [1.82, 2.24) is 4.90 Å². The Balaban J connectivity index is 1.69. The van der Waals surface area contributed by atoms with E-state index in [2.05, 4.69) is 0 Å². The minimum atomic E-state index is 0.105. The van der Waals surface area contributed by atoms with Crippen molar-refractivity contribution >= 4 is 12.2 Å². The van der Waals surface area contributed by atoms with Crippen LogP contribution in [0, 0.1) is 0 Å². The molecule has 4 heteroatoms. The van der Waals surface area contributed by atoms with E-state index in [1.165, 1.54) is 5.56 Å². The molecule has 2 rings (SSSR count). The Kier molecular flexibility index (Phi) is 6.36. The van der Waals surface area contributed by atoms with Gasteiger partial charge in [-0.15, -0.1) is 0 Å². The lowest BCUT2D eigenvalue weighted by atomic mass is 10.1. The molecule has 0 atom stereocenters. The summed E-state index contributed by atoms with van der Waals surface area (Å²) in [7, 11) is 1.78. The normalized spacial score (nSPS) is 10.1. The quantitative estimate of drug-likeness (QED) is 0.704. The first kappa shape index (κ1) is 16.7. The number of amides is 1. The second-order valence-electron chi connectivity index (χ2n) is 5.34. The fourth-order valence-electron chi connectivity index (χ4n) is 2.15. The number of carbonyl (C=O) groups is 2. The largest absolute Gasteiger partial charge is 0.492 e. The van der Waals surface area contributed by atoms with Crippen LogP contribution in [0.15, 0.2) is 54.6 Å². The van der Waals surface area contributed by atoms with Gasteiger partial charge in [0.2, 0.25) is 5.91 Å². The topological polar surface area (TPSA) is 46.6 Å². The van der Waals surface area contributed by atoms with Crippen molar-refractivity contribution in [3.8, 4) is 5.75 Å². The van der Waals surface area contributed by atoms with Gasteiger partial charge in [-0.25, -0.2) is 0 Å². The van der Waals surface area contributed by atoms with Crippen molar-refractivity contribution in [2.75, 3.05) is 20.2 Å². The fourth-order valence-corrected chi connectivity index (χ4v) is 2.15. The molecule has 2 aromatic carbocycles. The summed E-state index contributed by atoms with van der Waals surface area (Å²) < 4.78 is 5.58. The molecule has 0 N–H and O–H groups in total. The second kappa shape index (κ2) is 8.73. The SMILES string of the molecule is CN(CCOc1ccc(C=O)cc1)C(=O)CCc1ccccc1. The smallest absolute Gasteiger partial charge is 0.222 e. The molecule has 0 bridgehead atoms. The first-order chi connectivity index (χ1) is 11.2. The zero-order valence-electron chi connectivity index (χ0n) is 13.3. The number of aryl methyl sites for hydroxylation is 1. The third-order valence-corrected chi connectivity index (χ3v) is 3.61. The molecular weight excluding hydrogens is 290 g/mol. The molecule has 0 fully saturated rings. The first-order valence-corrected chi connectivity index (χ1v) is 7.65. The Morgan fingerprint density at radius 2 is 1.78 bits per heavy atom. The first-order valence-electron chi connectivity index (χ1n) is 7.65. The molecule has 0 radical (unpaired) electrons. The third-order valence-electron chi connectivity index (χ3n) is 3.61. The Hall–Kier alpha value is -2.62. The van der Waals surface area contributed by atoms with Gasteiger partial charge in [0.05, 0.1) is 6.54 Å². The maximum atomic E-state index is 12.1. The van der Waals surface area contributed by atoms with Gasteiger partial charge in [-0.1, -0.05) is 30.3 Å². The monoisotopic (exact) mass is 311 g/mol. The van der Waals surface area contributed by atoms with Crippen LogP contribution in [0.1, 0.15) is 22.3 Å². The number of aldehydes is 1. The Labute approximate surface area is 136 Å². The maximum Gasteiger partial charge on any atom is 0.222 e. The molecule has 0 aliphatic heterocycles. The average molecular weight is 311 g/mol. The number of hydrogen-bond acceptors (Lipinski definition) is 3. The summed E-state index contributed by atoms with van der Waals surface area (Å²) in [6.45, 7) is 0.955. The van der Waals surface area contributed by atoms with Crippen LogP contribution >= 0.6 is 0 Å². The summed E-state index contributed by atoms with van der Waals surface area (Å²) in [5.74, 6) is 0.800. The van der Waals surface area contributed by atoms with E-state index in [0.29, 0.717) is 30.9 Å². The molecule has 1 amide bonds. The van der Waals surface area contributed by atoms with Crippen LogP contribution in [0.4, 0.5) is 0 Å². The van der Waals surface area contributed by atoms with E-state index in [4.69, 9.17) is 4.74 Å². The summed E-state index contributed by atoms with van der Waals surface area (Å²) >= 11 is 0. The van der Waals surface area contributed by atoms with Crippen LogP contribution in [0.3, 0.4) is 0 Å². The van der Waals surface area contributed by atoms with E-state index in [1.54, 1.807) is 36.2 Å². The second-order valence-corrected chi connectivity index (χ2v) is 5.34. The zero-order valence-corrected chi connectivity index (χ0v) is 13.3. The zero-order chi connectivity index (χ0) is 16.5. The summed E-state index contributed by atoms with van der Waals surface area (Å²) in [5.41, 5.74) is 1.78. The van der Waals surface area contributed by atoms with Gasteiger partial charge in [-0.2, -0.15) is 0 Å². The van der Waals surface area contributed by atoms with Crippen molar-refractivity contribution in [3.63, 3.8) is 0 Å². The highest BCUT2D eigenvalue weighted by atomic mass is 16.5. The predicted molar refractivity (Wildman–Crippen MR) is 89.7 cm³/mol. The highest BCUT2D eigenvalue weighted by molar-refractivity contribution is 5.76. The standard InChI is InChI=1S/C19H21NO3/c1-20(19(22)12-9-16-5-3-2-4-6-16)13-14-23-18-10-7-17(15-21)8-11-18/h2-8,10-11,15H,9,12-14H2,1H3. The van der Waals surface area contributed by atoms with Crippen molar-refractivity contribution in [2.45, 2.75) is 12.8 Å². The molecular formula is C19H21NO3. The van der Waals surface area contributed by atoms with Gasteiger partial charge in [0.1, 0.15) is 18.6 Å². The molecule has 0 aliphatic rings. The minimum Gasteiger partial charge on any atom is -0.492 e. The molecule has 23 heavy (non-hydrogen) atoms. The van der Waals surface area contributed by atoms with E-state index in [-0.39, 0.29) is 5.91 Å². The van der Waals surface area contributed by atoms with Gasteiger partial charge < -0.3 is 9.64 Å². The summed E-state index contributed by atoms with van der Waals surface area (Å²) in [6, 6.07) is 16.9. The summed E-state index contributed by atoms with van der Waals surface area (Å²) in [5, 5.41) is 0. The molecule has 4 nitrogen and oxygen atoms in total. The highest BCUT2D eigenvalue weighted by Gasteiger charge is 2.08. The average Bonchev–Trinajstić information content (AvgIpc) is 2.61. The Bertz CT molecular complexity index is 623. The van der Waals surface area contributed by atoms with Crippen LogP contribution in [-0.2, 0) is 11.2 Å². The number of hydrogen-bond donors (Lipinski definition) is 0. The molecule has 0 spiro atoms. The molecule has 0 saturated heterocycles. The Morgan fingerprint density at radius 1 is 1.09 bits per heavy atom. The summed E-state index contributed by atoms with van der Waals surface area (Å²) in [4.78, 5) is 24.3. The van der Waals surface area contributed by atoms with Crippen molar-refractivity contribution in [2.24, 2.45) is 0 Å². The van der Waals surface area contributed by atoms with E-state index in [1.807, 2.05) is 30.3 Å². The number of likely N-dealkylation sites (N-methyl/N-ethyl adjacent to an activating group) is 1. The van der Waals surface area contributed by atoms with Crippen molar-refractivity contribution < 1.29 is 14.3 Å². The van der Waals surface area contributed by atoms with Crippen LogP contribution < -0.4 is 4.74 Å². The predicted octanol–water partition coefficient (Wildman–Crippen LogP) is 2.97. The fraction of sp³-hybridized carbons (Fsp3) is 0.263. The molecule has 0 saturated carbocycles. The van der Waals surface area contributed by atoms with Crippen LogP contribution in [0.25, 0.3) is 0 Å². The molecule has 0 aliphatic carbocycles. The van der Waals surface area contributed by atoms with Crippen LogP contribution in [0.5, 0.6) is 5.75 Å². The van der Waals surface area contributed by atoms with Gasteiger partial charge in [-0.3, -0.25) is 9.59 Å². The Morgan fingerprint density at radius 3 is 2.43 bits per heavy atom.